The lowest BCUT2D eigenvalue weighted by Crippen LogP contribution is -2.41. The smallest absolute Gasteiger partial charge is 0.403 e. The third-order valence-electron chi connectivity index (χ3n) is 5.35. The van der Waals surface area contributed by atoms with Crippen LogP contribution in [0.5, 0.6) is 0 Å². The summed E-state index contributed by atoms with van der Waals surface area (Å²) in [5.74, 6) is 0. The molecule has 0 amide bonds. The molecule has 22 heavy (non-hydrogen) atoms. The van der Waals surface area contributed by atoms with E-state index in [0.29, 0.717) is 0 Å². The quantitative estimate of drug-likeness (QED) is 0.307. The summed E-state index contributed by atoms with van der Waals surface area (Å²) in [4.78, 5) is 0. The Morgan fingerprint density at radius 2 is 0.955 bits per heavy atom. The molecule has 130 valence electrons. The zero-order valence-electron chi connectivity index (χ0n) is 15.9. The van der Waals surface area contributed by atoms with Crippen LogP contribution in [0.25, 0.3) is 0 Å². The molecule has 2 nitrogen and oxygen atoms in total. The van der Waals surface area contributed by atoms with Crippen LogP contribution in [0.1, 0.15) is 105 Å². The fraction of sp³-hybridized carbons (Fsp3) is 1.00. The van der Waals surface area contributed by atoms with Crippen molar-refractivity contribution in [3.05, 3.63) is 0 Å². The van der Waals surface area contributed by atoms with Crippen LogP contribution in [0, 0.1) is 0 Å². The van der Waals surface area contributed by atoms with Gasteiger partial charge in [0.05, 0.1) is 11.2 Å². The molecule has 1 aliphatic heterocycles. The fourth-order valence-corrected chi connectivity index (χ4v) is 3.06. The second-order valence-electron chi connectivity index (χ2n) is 8.01. The highest BCUT2D eigenvalue weighted by molar-refractivity contribution is 6.45. The minimum absolute atomic E-state index is 0.00330. The molecule has 1 aliphatic rings. The zero-order valence-corrected chi connectivity index (χ0v) is 15.9. The van der Waals surface area contributed by atoms with Gasteiger partial charge in [0, 0.05) is 0 Å². The fourth-order valence-electron chi connectivity index (χ4n) is 3.06. The first-order chi connectivity index (χ1) is 10.4. The highest BCUT2D eigenvalue weighted by Gasteiger charge is 2.50. The molecule has 0 saturated carbocycles. The van der Waals surface area contributed by atoms with E-state index in [-0.39, 0.29) is 18.3 Å². The maximum absolute atomic E-state index is 6.03. The molecule has 0 aromatic carbocycles. The zero-order chi connectivity index (χ0) is 16.5. The van der Waals surface area contributed by atoms with Crippen LogP contribution >= 0.6 is 0 Å². The van der Waals surface area contributed by atoms with Gasteiger partial charge in [-0.15, -0.1) is 0 Å². The molecule has 0 N–H and O–H groups in total. The van der Waals surface area contributed by atoms with Crippen molar-refractivity contribution in [1.82, 2.24) is 0 Å². The summed E-state index contributed by atoms with van der Waals surface area (Å²) in [6.07, 6.45) is 16.3. The van der Waals surface area contributed by atoms with Crippen LogP contribution in [0.2, 0.25) is 6.32 Å². The molecule has 0 unspecified atom stereocenters. The molecule has 0 aliphatic carbocycles. The monoisotopic (exact) mass is 310 g/mol. The van der Waals surface area contributed by atoms with Crippen molar-refractivity contribution in [2.75, 3.05) is 0 Å². The largest absolute Gasteiger partial charge is 0.457 e. The molecule has 0 radical (unpaired) electrons. The first-order valence-corrected chi connectivity index (χ1v) is 9.75. The van der Waals surface area contributed by atoms with Gasteiger partial charge in [0.15, 0.2) is 0 Å². The van der Waals surface area contributed by atoms with Gasteiger partial charge in [-0.05, 0) is 34.0 Å². The van der Waals surface area contributed by atoms with Crippen LogP contribution in [0.15, 0.2) is 0 Å². The predicted octanol–water partition coefficient (Wildman–Crippen LogP) is 6.39. The van der Waals surface area contributed by atoms with Crippen molar-refractivity contribution < 1.29 is 9.31 Å². The van der Waals surface area contributed by atoms with Gasteiger partial charge in [0.1, 0.15) is 0 Å². The molecular weight excluding hydrogens is 271 g/mol. The van der Waals surface area contributed by atoms with Crippen LogP contribution in [0.3, 0.4) is 0 Å². The predicted molar refractivity (Wildman–Crippen MR) is 97.4 cm³/mol. The second-order valence-corrected chi connectivity index (χ2v) is 8.01. The van der Waals surface area contributed by atoms with Gasteiger partial charge in [-0.25, -0.2) is 0 Å². The summed E-state index contributed by atoms with van der Waals surface area (Å²) >= 11 is 0. The van der Waals surface area contributed by atoms with E-state index in [4.69, 9.17) is 9.31 Å². The van der Waals surface area contributed by atoms with E-state index >= 15 is 0 Å². The van der Waals surface area contributed by atoms with Crippen molar-refractivity contribution in [2.45, 2.75) is 123 Å². The average molecular weight is 310 g/mol. The highest BCUT2D eigenvalue weighted by Crippen LogP contribution is 2.38. The van der Waals surface area contributed by atoms with E-state index in [2.05, 4.69) is 34.6 Å². The second kappa shape index (κ2) is 9.98. The molecule has 0 spiro atoms. The lowest BCUT2D eigenvalue weighted by molar-refractivity contribution is 0.00578. The number of unbranched alkanes of at least 4 members (excludes halogenated alkanes) is 10. The van der Waals surface area contributed by atoms with Gasteiger partial charge in [0.2, 0.25) is 0 Å². The molecule has 3 heteroatoms. The van der Waals surface area contributed by atoms with Crippen LogP contribution < -0.4 is 0 Å². The maximum atomic E-state index is 6.03. The molecule has 0 aromatic rings. The Hall–Kier alpha value is -0.0151. The first kappa shape index (κ1) is 20.0. The van der Waals surface area contributed by atoms with E-state index in [9.17, 15) is 0 Å². The van der Waals surface area contributed by atoms with Gasteiger partial charge >= 0.3 is 7.12 Å². The Bertz CT molecular complexity index is 273. The molecule has 1 saturated heterocycles. The van der Waals surface area contributed by atoms with E-state index in [1.807, 2.05) is 0 Å². The molecule has 0 aromatic heterocycles. The molecule has 0 atom stereocenters. The Labute approximate surface area is 139 Å². The summed E-state index contributed by atoms with van der Waals surface area (Å²) in [6, 6.07) is 0. The summed E-state index contributed by atoms with van der Waals surface area (Å²) in [6.45, 7) is 10.8. The van der Waals surface area contributed by atoms with Crippen LogP contribution in [0.4, 0.5) is 0 Å². The average Bonchev–Trinajstić information content (AvgIpc) is 2.64. The van der Waals surface area contributed by atoms with Gasteiger partial charge in [-0.3, -0.25) is 0 Å². The lowest BCUT2D eigenvalue weighted by atomic mass is 9.82. The normalized spacial score (nSPS) is 19.8. The number of hydrogen-bond donors (Lipinski definition) is 0. The molecular formula is C19H39BO2. The Morgan fingerprint density at radius 3 is 1.36 bits per heavy atom. The van der Waals surface area contributed by atoms with Crippen LogP contribution in [-0.2, 0) is 9.31 Å². The molecule has 0 bridgehead atoms. The summed E-state index contributed by atoms with van der Waals surface area (Å²) in [5, 5.41) is 0. The maximum Gasteiger partial charge on any atom is 0.457 e. The Kier molecular flexibility index (Phi) is 9.08. The van der Waals surface area contributed by atoms with Crippen molar-refractivity contribution in [1.29, 1.82) is 0 Å². The van der Waals surface area contributed by atoms with Crippen molar-refractivity contribution in [3.63, 3.8) is 0 Å². The molecule has 1 heterocycles. The Balaban J connectivity index is 1.90. The van der Waals surface area contributed by atoms with E-state index < -0.39 is 0 Å². The summed E-state index contributed by atoms with van der Waals surface area (Å²) < 4.78 is 12.1. The standard InChI is InChI=1S/C19H39BO2/c1-6-7-8-9-10-11-12-13-14-15-16-17-20-21-18(2,3)19(4,5)22-20/h6-17H2,1-5H3. The first-order valence-electron chi connectivity index (χ1n) is 9.75. The minimum Gasteiger partial charge on any atom is -0.403 e. The molecule has 1 rings (SSSR count). The van der Waals surface area contributed by atoms with Crippen molar-refractivity contribution in [2.24, 2.45) is 0 Å². The van der Waals surface area contributed by atoms with E-state index in [1.54, 1.807) is 0 Å². The van der Waals surface area contributed by atoms with Gasteiger partial charge in [0.25, 0.3) is 0 Å². The number of rotatable bonds is 12. The van der Waals surface area contributed by atoms with Gasteiger partial charge in [-0.2, -0.15) is 0 Å². The lowest BCUT2D eigenvalue weighted by Gasteiger charge is -2.32. The van der Waals surface area contributed by atoms with Crippen molar-refractivity contribution in [3.8, 4) is 0 Å². The Morgan fingerprint density at radius 1 is 0.591 bits per heavy atom. The van der Waals surface area contributed by atoms with E-state index in [0.717, 1.165) is 6.32 Å². The third kappa shape index (κ3) is 7.04. The van der Waals surface area contributed by atoms with Gasteiger partial charge < -0.3 is 9.31 Å². The SMILES string of the molecule is CCCCCCCCCCCCCB1OC(C)(C)C(C)(C)O1. The minimum atomic E-state index is -0.171. The van der Waals surface area contributed by atoms with Crippen molar-refractivity contribution >= 4 is 7.12 Å². The molecule has 1 fully saturated rings. The van der Waals surface area contributed by atoms with Gasteiger partial charge in [-0.1, -0.05) is 77.6 Å². The van der Waals surface area contributed by atoms with Crippen LogP contribution in [-0.4, -0.2) is 18.3 Å². The topological polar surface area (TPSA) is 18.5 Å². The summed E-state index contributed by atoms with van der Waals surface area (Å²) in [7, 11) is 0.00330. The summed E-state index contributed by atoms with van der Waals surface area (Å²) in [5.41, 5.74) is -0.342. The van der Waals surface area contributed by atoms with E-state index in [1.165, 1.54) is 70.6 Å². The highest BCUT2D eigenvalue weighted by atomic mass is 16.7. The number of hydrogen-bond acceptors (Lipinski definition) is 2. The third-order valence-corrected chi connectivity index (χ3v) is 5.35.